The van der Waals surface area contributed by atoms with Gasteiger partial charge >= 0.3 is 12.4 Å². The van der Waals surface area contributed by atoms with Crippen LogP contribution in [0.2, 0.25) is 4.34 Å². The van der Waals surface area contributed by atoms with Crippen molar-refractivity contribution in [2.24, 2.45) is 28.2 Å². The predicted octanol–water partition coefficient (Wildman–Crippen LogP) is 21.9. The van der Waals surface area contributed by atoms with Crippen molar-refractivity contribution in [3.63, 3.8) is 0 Å². The van der Waals surface area contributed by atoms with Gasteiger partial charge in [-0.1, -0.05) is 139 Å². The molecule has 0 aliphatic rings. The minimum absolute atomic E-state index is 0.0372. The summed E-state index contributed by atoms with van der Waals surface area (Å²) in [7, 11) is 6.45. The van der Waals surface area contributed by atoms with E-state index < -0.39 is 42.3 Å². The van der Waals surface area contributed by atoms with Crippen molar-refractivity contribution in [1.82, 2.24) is 96.6 Å². The van der Waals surface area contributed by atoms with E-state index in [9.17, 15) is 63.1 Å². The number of carbonyl (C=O) groups excluding carboxylic acids is 4. The smallest absolute Gasteiger partial charge is 0.306 e. The number of carbonyl (C=O) groups is 4. The summed E-state index contributed by atoms with van der Waals surface area (Å²) in [6, 6.07) is 57.6. The first-order chi connectivity index (χ1) is 63.9. The van der Waals surface area contributed by atoms with Gasteiger partial charge < -0.3 is 17.6 Å². The van der Waals surface area contributed by atoms with E-state index in [0.717, 1.165) is 124 Å². The van der Waals surface area contributed by atoms with Crippen molar-refractivity contribution >= 4 is 91.3 Å². The van der Waals surface area contributed by atoms with Gasteiger partial charge in [0.1, 0.15) is 81.8 Å². The number of hydrogen-bond acceptors (Lipinski definition) is 19. The van der Waals surface area contributed by atoms with Crippen molar-refractivity contribution in [3.8, 4) is 88.0 Å². The summed E-state index contributed by atoms with van der Waals surface area (Å²) in [4.78, 5) is 87.2. The van der Waals surface area contributed by atoms with Crippen LogP contribution in [0.1, 0.15) is 105 Å². The van der Waals surface area contributed by atoms with Crippen molar-refractivity contribution in [2.45, 2.75) is 57.8 Å². The summed E-state index contributed by atoms with van der Waals surface area (Å²) in [5.74, 6) is -0.939. The summed E-state index contributed by atoms with van der Waals surface area (Å²) in [6.45, 7) is 1.60. The number of rotatable bonds is 22. The van der Waals surface area contributed by atoms with Crippen molar-refractivity contribution in [3.05, 3.63) is 345 Å². The molecule has 0 bridgehead atoms. The number of fused-ring (bicyclic) bond motifs is 4. The summed E-state index contributed by atoms with van der Waals surface area (Å²) < 4.78 is 144. The number of aromatic nitrogens is 20. The number of ketones is 4. The molecule has 24 nitrogen and oxygen atoms in total. The average molecular weight is 1880 g/mol. The lowest BCUT2D eigenvalue weighted by Crippen LogP contribution is -2.12. The number of hydrogen-bond donors (Lipinski definition) is 0. The molecule has 0 unspecified atom stereocenters. The van der Waals surface area contributed by atoms with Crippen LogP contribution in [0.25, 0.3) is 111 Å². The van der Waals surface area contributed by atoms with Crippen LogP contribution in [0.15, 0.2) is 268 Å². The number of halogens is 11. The van der Waals surface area contributed by atoms with Crippen molar-refractivity contribution in [1.29, 1.82) is 0 Å². The van der Waals surface area contributed by atoms with Crippen LogP contribution in [0, 0.1) is 6.92 Å². The Kier molecular flexibility index (Phi) is 25.4. The number of imidazole rings is 4. The normalized spacial score (nSPS) is 11.7. The second kappa shape index (κ2) is 37.7. The minimum Gasteiger partial charge on any atom is -0.306 e. The largest absolute Gasteiger partial charge is 0.434 e. The molecule has 0 spiro atoms. The molecule has 0 saturated heterocycles. The lowest BCUT2D eigenvalue weighted by Gasteiger charge is -2.09. The molecule has 38 heteroatoms. The van der Waals surface area contributed by atoms with Crippen LogP contribution in [0.3, 0.4) is 0 Å². The Balaban J connectivity index is 0.000000124. The number of benzene rings is 4. The molecule has 0 fully saturated rings. The molecular weight excluding hydrogens is 1810 g/mol. The third kappa shape index (κ3) is 19.7. The highest BCUT2D eigenvalue weighted by Gasteiger charge is 2.36. The first kappa shape index (κ1) is 89.8. The van der Waals surface area contributed by atoms with Gasteiger partial charge in [0.15, 0.2) is 28.8 Å². The van der Waals surface area contributed by atoms with Gasteiger partial charge in [-0.25, -0.2) is 57.4 Å². The predicted molar refractivity (Wildman–Crippen MR) is 484 cm³/mol. The van der Waals surface area contributed by atoms with Gasteiger partial charge in [0.05, 0.1) is 69.9 Å². The van der Waals surface area contributed by atoms with E-state index >= 15 is 0 Å². The second-order valence-electron chi connectivity index (χ2n) is 30.4. The number of nitrogens with zero attached hydrogens (tertiary/aromatic N) is 20. The highest BCUT2D eigenvalue weighted by atomic mass is 35.5. The van der Waals surface area contributed by atoms with Gasteiger partial charge in [0.25, 0.3) is 12.9 Å². The SMILES string of the molecule is Cc1sc(-c2cnn(C)c2C(=O)Cc2ccn3cc(-c4ccccc4)nc3c2)nc1C(F)F.Cn1ncc(-c2cccc(C(F)(F)F)n2)c1C(=O)Cc1ccn2cc(-c3ccccc3)nc2c1.Cn1ncc(-c2nc(C(F)(F)F)cs2)c1C(=O)Cc1ccn2cc(-c3ccccc3)nc2c1.Cn1ncc(-c2nc(C(F)F)c(Cl)s2)c1C(=O)Cc1ccn2cc(-c3ccccc3)nc2c1. The zero-order valence-electron chi connectivity index (χ0n) is 70.3. The lowest BCUT2D eigenvalue weighted by molar-refractivity contribution is -0.141. The van der Waals surface area contributed by atoms with E-state index in [1.807, 2.05) is 237 Å². The molecule has 0 radical (unpaired) electrons. The highest BCUT2D eigenvalue weighted by Crippen LogP contribution is 2.41. The Morgan fingerprint density at radius 3 is 0.985 bits per heavy atom. The second-order valence-corrected chi connectivity index (χ2v) is 34.0. The summed E-state index contributed by atoms with van der Waals surface area (Å²) in [5, 5.41) is 18.2. The Morgan fingerprint density at radius 2 is 0.669 bits per heavy atom. The van der Waals surface area contributed by atoms with Crippen LogP contribution in [-0.2, 0) is 66.2 Å². The molecule has 16 heterocycles. The van der Waals surface area contributed by atoms with E-state index in [1.165, 1.54) is 55.6 Å². The van der Waals surface area contributed by atoms with Gasteiger partial charge in [0.2, 0.25) is 0 Å². The van der Waals surface area contributed by atoms with Crippen LogP contribution in [-0.4, -0.2) is 120 Å². The molecule has 0 saturated carbocycles. The van der Waals surface area contributed by atoms with Crippen LogP contribution >= 0.6 is 45.6 Å². The fraction of sp³-hybridized carbons (Fsp3) is 0.137. The maximum Gasteiger partial charge on any atom is 0.434 e. The lowest BCUT2D eigenvalue weighted by atomic mass is 10.0. The van der Waals surface area contributed by atoms with E-state index in [0.29, 0.717) is 38.0 Å². The monoisotopic (exact) mass is 1870 g/mol. The number of aryl methyl sites for hydroxylation is 5. The van der Waals surface area contributed by atoms with Crippen molar-refractivity contribution < 1.29 is 63.1 Å². The molecular formula is C95H69ClF10N20O4S3. The fourth-order valence-corrected chi connectivity index (χ4v) is 17.8. The summed E-state index contributed by atoms with van der Waals surface area (Å²) in [6.07, 6.45) is 6.51. The first-order valence-corrected chi connectivity index (χ1v) is 43.4. The maximum absolute atomic E-state index is 13.2. The summed E-state index contributed by atoms with van der Waals surface area (Å²) in [5.41, 5.74) is 12.9. The summed E-state index contributed by atoms with van der Waals surface area (Å²) >= 11 is 8.79. The Hall–Kier alpha value is -15.2. The number of alkyl halides is 10. The molecule has 668 valence electrons. The molecule has 4 aromatic carbocycles. The Morgan fingerprint density at radius 1 is 0.353 bits per heavy atom. The highest BCUT2D eigenvalue weighted by molar-refractivity contribution is 7.19. The van der Waals surface area contributed by atoms with E-state index in [-0.39, 0.29) is 103 Å². The maximum atomic E-state index is 13.2. The molecule has 0 aliphatic carbocycles. The van der Waals surface area contributed by atoms with Gasteiger partial charge in [0, 0.05) is 142 Å². The van der Waals surface area contributed by atoms with Gasteiger partial charge in [-0.05, 0) is 89.8 Å². The molecule has 0 aliphatic heterocycles. The quantitative estimate of drug-likeness (QED) is 0.0451. The van der Waals surface area contributed by atoms with Gasteiger partial charge in [-0.15, -0.1) is 34.0 Å². The third-order valence-corrected chi connectivity index (χ3v) is 24.5. The first-order valence-electron chi connectivity index (χ1n) is 40.5. The number of Topliss-reactive ketones (excluding diaryl/α,β-unsaturated/α-hetero) is 4. The molecule has 0 N–H and O–H groups in total. The minimum atomic E-state index is -4.58. The van der Waals surface area contributed by atoms with E-state index in [4.69, 9.17) is 11.6 Å². The van der Waals surface area contributed by atoms with E-state index in [1.54, 1.807) is 35.1 Å². The topological polar surface area (TPSA) is 260 Å². The molecule has 20 rings (SSSR count). The van der Waals surface area contributed by atoms with Crippen molar-refractivity contribution in [2.75, 3.05) is 0 Å². The number of pyridine rings is 5. The van der Waals surface area contributed by atoms with Crippen LogP contribution in [0.5, 0.6) is 0 Å². The molecule has 16 aromatic heterocycles. The van der Waals surface area contributed by atoms with Gasteiger partial charge in [-0.2, -0.15) is 46.7 Å². The van der Waals surface area contributed by atoms with Crippen LogP contribution in [0.4, 0.5) is 43.9 Å². The standard InChI is InChI=1S/C25H18F3N5O.C24H19F2N5OS.C23H16ClF2N5OS.C23H16F3N5OS/c1-32-24(18(14-29-32)19-8-5-9-22(30-19)25(26,27)28)21(34)12-16-10-11-33-15-20(31-23(33)13-16)17-6-3-2-4-7-17;1-14-21(23(25)26)29-24(33-14)17-12-27-30(2)22(17)19(32)10-15-8-9-31-13-18(28-20(31)11-15)16-6-4-3-5-7-16;1-30-20(15(11-27-30)23-29-19(22(25)26)21(24)33-23)17(32)9-13-7-8-31-12-16(28-18(31)10-13)14-5-3-2-4-6-14;1-30-21(16(11-27-30)22-29-19(13-33-22)23(24,25)26)18(32)9-14-7-8-31-12-17(28-20(31)10-14)15-5-3-2-4-6-15/h2-11,13-15H,12H2,1H3;3-9,11-13,23H,10H2,1-2H3;2-8,10-12,22H,9H2,1H3;2-8,10-13H,9H2,1H3. The van der Waals surface area contributed by atoms with E-state index in [2.05, 4.69) is 60.3 Å². The molecule has 0 atom stereocenters. The fourth-order valence-electron chi connectivity index (χ4n) is 14.9. The average Bonchev–Trinajstić information content (AvgIpc) is 1.65. The van der Waals surface area contributed by atoms with Crippen LogP contribution < -0.4 is 0 Å². The molecule has 133 heavy (non-hydrogen) atoms. The number of thiazole rings is 3. The third-order valence-electron chi connectivity index (χ3n) is 21.3. The Bertz CT molecular complexity index is 7500. The zero-order chi connectivity index (χ0) is 93.3. The zero-order valence-corrected chi connectivity index (χ0v) is 73.6. The molecule has 20 aromatic rings. The Labute approximate surface area is 765 Å². The van der Waals surface area contributed by atoms with Gasteiger partial charge in [-0.3, -0.25) is 37.9 Å². The molecule has 0 amide bonds.